The van der Waals surface area contributed by atoms with Crippen LogP contribution in [0, 0.1) is 11.8 Å². The molecule has 0 aliphatic carbocycles. The van der Waals surface area contributed by atoms with Crippen LogP contribution in [0.3, 0.4) is 0 Å². The number of anilines is 1. The minimum absolute atomic E-state index is 0.103. The lowest BCUT2D eigenvalue weighted by Crippen LogP contribution is -2.33. The van der Waals surface area contributed by atoms with E-state index in [9.17, 15) is 18.0 Å². The first-order chi connectivity index (χ1) is 22.0. The Hall–Kier alpha value is -5.78. The first-order valence-corrected chi connectivity index (χ1v) is 15.8. The number of fused-ring (bicyclic) bond motifs is 2. The first kappa shape index (κ1) is 30.3. The van der Waals surface area contributed by atoms with E-state index < -0.39 is 27.2 Å². The minimum atomic E-state index is -3.89. The number of H-pyrrole nitrogens is 1. The number of amides is 1. The van der Waals surface area contributed by atoms with Gasteiger partial charge in [-0.25, -0.2) is 13.5 Å². The number of para-hydroxylation sites is 1. The van der Waals surface area contributed by atoms with Gasteiger partial charge in [0.05, 0.1) is 23.2 Å². The van der Waals surface area contributed by atoms with Crippen molar-refractivity contribution >= 4 is 38.0 Å². The molecule has 2 unspecified atom stereocenters. The molecule has 6 N–H and O–H groups in total. The molecule has 46 heavy (non-hydrogen) atoms. The SMILES string of the molecule is CC(NC(=O)c1c(N)[nH][n+]2cccnc12)c1cc2cccc(C#Cc3cnn(C)c3S(=O)(=O)C(C)N)c2c(=O)n1-c1ccccc1. The molecule has 13 nitrogen and oxygen atoms in total. The Labute approximate surface area is 263 Å². The molecule has 0 fully saturated rings. The number of aromatic nitrogens is 6. The second-order valence-electron chi connectivity index (χ2n) is 10.7. The molecule has 4 heterocycles. The molecule has 232 valence electrons. The summed E-state index contributed by atoms with van der Waals surface area (Å²) in [5.41, 5.74) is 13.7. The largest absolute Gasteiger partial charge is 0.382 e. The number of pyridine rings is 1. The van der Waals surface area contributed by atoms with Crippen LogP contribution in [-0.4, -0.2) is 44.1 Å². The number of nitrogens with zero attached hydrogens (tertiary/aromatic N) is 5. The van der Waals surface area contributed by atoms with E-state index in [0.29, 0.717) is 33.4 Å². The zero-order valence-corrected chi connectivity index (χ0v) is 25.9. The van der Waals surface area contributed by atoms with E-state index in [-0.39, 0.29) is 27.5 Å². The van der Waals surface area contributed by atoms with Gasteiger partial charge in [0.1, 0.15) is 17.8 Å². The maximum atomic E-state index is 14.4. The highest BCUT2D eigenvalue weighted by molar-refractivity contribution is 7.92. The van der Waals surface area contributed by atoms with Gasteiger partial charge < -0.3 is 16.8 Å². The Balaban J connectivity index is 1.48. The summed E-state index contributed by atoms with van der Waals surface area (Å²) in [5.74, 6) is 5.57. The van der Waals surface area contributed by atoms with Gasteiger partial charge in [0.15, 0.2) is 16.4 Å². The second kappa shape index (κ2) is 11.6. The van der Waals surface area contributed by atoms with E-state index in [1.165, 1.54) is 29.4 Å². The lowest BCUT2D eigenvalue weighted by Gasteiger charge is -2.21. The van der Waals surface area contributed by atoms with E-state index >= 15 is 0 Å². The maximum Gasteiger partial charge on any atom is 0.362 e. The van der Waals surface area contributed by atoms with Crippen molar-refractivity contribution in [3.63, 3.8) is 0 Å². The predicted octanol–water partition coefficient (Wildman–Crippen LogP) is 1.74. The molecule has 0 saturated carbocycles. The summed E-state index contributed by atoms with van der Waals surface area (Å²) in [6, 6.07) is 17.1. The third-order valence-corrected chi connectivity index (χ3v) is 9.57. The summed E-state index contributed by atoms with van der Waals surface area (Å²) in [4.78, 5) is 32.2. The fraction of sp³-hybridized carbons (Fsp3) is 0.156. The summed E-state index contributed by atoms with van der Waals surface area (Å²) >= 11 is 0. The number of nitrogen functional groups attached to an aromatic ring is 1. The van der Waals surface area contributed by atoms with Gasteiger partial charge in [0.2, 0.25) is 9.84 Å². The number of sulfone groups is 1. The quantitative estimate of drug-likeness (QED) is 0.157. The number of hydrogen-bond donors (Lipinski definition) is 4. The van der Waals surface area contributed by atoms with Crippen LogP contribution in [-0.2, 0) is 16.9 Å². The third-order valence-electron chi connectivity index (χ3n) is 7.56. The molecular formula is C32H30N9O4S+. The van der Waals surface area contributed by atoms with Crippen LogP contribution in [0.15, 0.2) is 89.1 Å². The maximum absolute atomic E-state index is 14.4. The van der Waals surface area contributed by atoms with Crippen molar-refractivity contribution in [3.8, 4) is 17.5 Å². The van der Waals surface area contributed by atoms with Gasteiger partial charge in [-0.2, -0.15) is 5.10 Å². The summed E-state index contributed by atoms with van der Waals surface area (Å²) in [7, 11) is -2.39. The highest BCUT2D eigenvalue weighted by Crippen LogP contribution is 2.25. The van der Waals surface area contributed by atoms with E-state index in [0.717, 1.165) is 0 Å². The molecule has 0 aliphatic rings. The molecule has 6 aromatic rings. The standard InChI is InChI=1S/C32H29N9O4S/c1-19(37-30(42)27-28(34)38-40-16-8-15-35-29(27)40)25-17-22-10-7-9-21(26(22)31(43)41(25)24-11-5-4-6-12-24)13-14-23-18-36-39(3)32(23)46(44,45)20(2)33/h4-12,15-20H,33H2,1-3H3,(H3,34,37,38,42)/p+1. The van der Waals surface area contributed by atoms with E-state index in [1.807, 2.05) is 24.3 Å². The number of benzene rings is 2. The Morgan fingerprint density at radius 2 is 1.80 bits per heavy atom. The van der Waals surface area contributed by atoms with Crippen molar-refractivity contribution in [1.82, 2.24) is 29.7 Å². The molecule has 4 aromatic heterocycles. The van der Waals surface area contributed by atoms with Gasteiger partial charge in [-0.05, 0) is 48.5 Å². The van der Waals surface area contributed by atoms with Gasteiger partial charge in [0, 0.05) is 30.1 Å². The Morgan fingerprint density at radius 1 is 1.07 bits per heavy atom. The normalized spacial score (nSPS) is 12.9. The number of carbonyl (C=O) groups excluding carboxylic acids is 1. The fourth-order valence-electron chi connectivity index (χ4n) is 5.33. The Morgan fingerprint density at radius 3 is 2.54 bits per heavy atom. The van der Waals surface area contributed by atoms with Gasteiger partial charge in [-0.1, -0.05) is 42.2 Å². The number of rotatable bonds is 6. The topological polar surface area (TPSA) is 188 Å². The molecule has 6 rings (SSSR count). The van der Waals surface area contributed by atoms with Crippen molar-refractivity contribution < 1.29 is 17.7 Å². The molecule has 2 atom stereocenters. The zero-order valence-electron chi connectivity index (χ0n) is 25.1. The van der Waals surface area contributed by atoms with Gasteiger partial charge in [-0.15, -0.1) is 4.52 Å². The molecule has 14 heteroatoms. The van der Waals surface area contributed by atoms with Crippen LogP contribution in [0.5, 0.6) is 0 Å². The molecule has 0 bridgehead atoms. The van der Waals surface area contributed by atoms with Gasteiger partial charge in [-0.3, -0.25) is 18.8 Å². The molecular weight excluding hydrogens is 606 g/mol. The average Bonchev–Trinajstić information content (AvgIpc) is 3.58. The van der Waals surface area contributed by atoms with E-state index in [1.54, 1.807) is 60.2 Å². The van der Waals surface area contributed by atoms with Crippen LogP contribution in [0.4, 0.5) is 5.82 Å². The second-order valence-corrected chi connectivity index (χ2v) is 12.9. The van der Waals surface area contributed by atoms with E-state index in [4.69, 9.17) is 11.5 Å². The van der Waals surface area contributed by atoms with Crippen LogP contribution in [0.2, 0.25) is 0 Å². The average molecular weight is 637 g/mol. The van der Waals surface area contributed by atoms with Crippen LogP contribution in [0.25, 0.3) is 22.1 Å². The molecule has 1 amide bonds. The van der Waals surface area contributed by atoms with Gasteiger partial charge in [0.25, 0.3) is 11.5 Å². The summed E-state index contributed by atoms with van der Waals surface area (Å²) in [6.07, 6.45) is 4.61. The van der Waals surface area contributed by atoms with E-state index in [2.05, 4.69) is 32.3 Å². The summed E-state index contributed by atoms with van der Waals surface area (Å²) < 4.78 is 30.1. The highest BCUT2D eigenvalue weighted by Gasteiger charge is 2.28. The summed E-state index contributed by atoms with van der Waals surface area (Å²) in [6.45, 7) is 3.15. The van der Waals surface area contributed by atoms with Crippen LogP contribution < -0.4 is 26.9 Å². The molecule has 0 radical (unpaired) electrons. The smallest absolute Gasteiger partial charge is 0.362 e. The molecule has 0 saturated heterocycles. The van der Waals surface area contributed by atoms with Gasteiger partial charge >= 0.3 is 5.65 Å². The lowest BCUT2D eigenvalue weighted by atomic mass is 10.0. The number of nitrogens with two attached hydrogens (primary N) is 2. The fourth-order valence-corrected chi connectivity index (χ4v) is 6.51. The minimum Gasteiger partial charge on any atom is -0.382 e. The highest BCUT2D eigenvalue weighted by atomic mass is 32.2. The van der Waals surface area contributed by atoms with Crippen molar-refractivity contribution in [3.05, 3.63) is 112 Å². The number of carbonyl (C=O) groups is 1. The number of nitrogens with one attached hydrogen (secondary N) is 2. The van der Waals surface area contributed by atoms with Crippen LogP contribution in [0.1, 0.15) is 47.1 Å². The van der Waals surface area contributed by atoms with Crippen molar-refractivity contribution in [2.75, 3.05) is 5.73 Å². The first-order valence-electron chi connectivity index (χ1n) is 14.2. The molecule has 0 spiro atoms. The monoisotopic (exact) mass is 636 g/mol. The molecule has 2 aromatic carbocycles. The summed E-state index contributed by atoms with van der Waals surface area (Å²) in [5, 5.41) is 9.58. The Kier molecular flexibility index (Phi) is 7.64. The number of hydrogen-bond acceptors (Lipinski definition) is 8. The number of aromatic amines is 1. The molecule has 0 aliphatic heterocycles. The zero-order chi connectivity index (χ0) is 32.7. The van der Waals surface area contributed by atoms with Crippen molar-refractivity contribution in [2.24, 2.45) is 12.8 Å². The van der Waals surface area contributed by atoms with Crippen molar-refractivity contribution in [2.45, 2.75) is 30.3 Å². The predicted molar refractivity (Wildman–Crippen MR) is 172 cm³/mol. The lowest BCUT2D eigenvalue weighted by molar-refractivity contribution is -0.577. The Bertz CT molecular complexity index is 2380. The number of aryl methyl sites for hydroxylation is 1. The van der Waals surface area contributed by atoms with Crippen molar-refractivity contribution in [1.29, 1.82) is 0 Å². The van der Waals surface area contributed by atoms with Crippen LogP contribution >= 0.6 is 0 Å². The third kappa shape index (κ3) is 5.17.